The summed E-state index contributed by atoms with van der Waals surface area (Å²) in [7, 11) is 0. The number of carbonyl (C=O) groups excluding carboxylic acids is 2. The molecule has 10 nitrogen and oxygen atoms in total. The van der Waals surface area contributed by atoms with Crippen molar-refractivity contribution in [2.45, 2.75) is 6.42 Å². The second kappa shape index (κ2) is 6.84. The van der Waals surface area contributed by atoms with Gasteiger partial charge in [0.25, 0.3) is 5.69 Å². The van der Waals surface area contributed by atoms with Gasteiger partial charge < -0.3 is 15.6 Å². The first-order chi connectivity index (χ1) is 9.82. The van der Waals surface area contributed by atoms with Crippen molar-refractivity contribution in [1.29, 1.82) is 0 Å². The maximum atomic E-state index is 11.1. The third-order valence-electron chi connectivity index (χ3n) is 2.26. The van der Waals surface area contributed by atoms with Crippen molar-refractivity contribution in [1.82, 2.24) is 5.32 Å². The topological polar surface area (TPSA) is 162 Å². The fourth-order valence-electron chi connectivity index (χ4n) is 1.46. The molecule has 1 aromatic carbocycles. The molecule has 1 aromatic rings. The molecule has 0 unspecified atom stereocenters. The Morgan fingerprint density at radius 3 is 2.57 bits per heavy atom. The number of carboxylic acids is 1. The summed E-state index contributed by atoms with van der Waals surface area (Å²) in [5, 5.41) is 21.5. The molecule has 0 spiro atoms. The van der Waals surface area contributed by atoms with Crippen LogP contribution in [-0.2, 0) is 4.79 Å². The largest absolute Gasteiger partial charge is 0.492 e. The number of nitrogens with zero attached hydrogens (tertiary/aromatic N) is 1. The summed E-state index contributed by atoms with van der Waals surface area (Å²) in [5.41, 5.74) is 3.49. The number of imide groups is 1. The molecule has 0 bridgehead atoms. The Morgan fingerprint density at radius 1 is 1.38 bits per heavy atom. The highest BCUT2D eigenvalue weighted by Crippen LogP contribution is 2.28. The van der Waals surface area contributed by atoms with E-state index in [9.17, 15) is 24.5 Å². The number of carboxylic acid groups (broad SMARTS) is 1. The van der Waals surface area contributed by atoms with E-state index < -0.39 is 34.1 Å². The van der Waals surface area contributed by atoms with Crippen molar-refractivity contribution in [3.05, 3.63) is 33.9 Å². The highest BCUT2D eigenvalue weighted by atomic mass is 16.6. The van der Waals surface area contributed by atoms with Gasteiger partial charge in [0.05, 0.1) is 18.0 Å². The molecular weight excluding hydrogens is 286 g/mol. The van der Waals surface area contributed by atoms with Gasteiger partial charge in [0, 0.05) is 6.07 Å². The molecule has 0 aliphatic rings. The van der Waals surface area contributed by atoms with Gasteiger partial charge in [0.1, 0.15) is 5.75 Å². The van der Waals surface area contributed by atoms with Crippen LogP contribution in [0.1, 0.15) is 16.8 Å². The Bertz CT molecular complexity index is 599. The quantitative estimate of drug-likeness (QED) is 0.500. The number of hydrogen-bond donors (Lipinski definition) is 3. The van der Waals surface area contributed by atoms with Gasteiger partial charge in [0.2, 0.25) is 5.91 Å². The normalized spacial score (nSPS) is 9.71. The monoisotopic (exact) mass is 297 g/mol. The minimum absolute atomic E-state index is 0.247. The molecule has 4 N–H and O–H groups in total. The highest BCUT2D eigenvalue weighted by molar-refractivity contribution is 5.95. The van der Waals surface area contributed by atoms with E-state index in [4.69, 9.17) is 15.6 Å². The lowest BCUT2D eigenvalue weighted by molar-refractivity contribution is -0.385. The standard InChI is InChI=1S/C11H11N3O7/c12-11(18)13-8(15)4-5-21-7-3-1-2-6(14(19)20)9(7)10(16)17/h1-3H,4-5H2,(H,16,17)(H3,12,13,15,18). The van der Waals surface area contributed by atoms with Gasteiger partial charge in [-0.1, -0.05) is 6.07 Å². The molecule has 0 saturated carbocycles. The predicted octanol–water partition coefficient (Wildman–Crippen LogP) is 0.257. The first kappa shape index (κ1) is 15.9. The molecule has 112 valence electrons. The van der Waals surface area contributed by atoms with E-state index in [1.807, 2.05) is 0 Å². The van der Waals surface area contributed by atoms with E-state index in [2.05, 4.69) is 0 Å². The molecule has 1 rings (SSSR count). The molecule has 21 heavy (non-hydrogen) atoms. The Kier molecular flexibility index (Phi) is 5.17. The minimum atomic E-state index is -1.53. The Balaban J connectivity index is 2.82. The summed E-state index contributed by atoms with van der Waals surface area (Å²) < 4.78 is 5.04. The van der Waals surface area contributed by atoms with Gasteiger partial charge in [-0.15, -0.1) is 0 Å². The number of nitro benzene ring substituents is 1. The first-order valence-electron chi connectivity index (χ1n) is 5.55. The van der Waals surface area contributed by atoms with Crippen LogP contribution in [0.3, 0.4) is 0 Å². The highest BCUT2D eigenvalue weighted by Gasteiger charge is 2.24. The molecule has 0 aliphatic carbocycles. The van der Waals surface area contributed by atoms with Gasteiger partial charge in [-0.05, 0) is 6.07 Å². The van der Waals surface area contributed by atoms with Crippen LogP contribution in [0.2, 0.25) is 0 Å². The summed E-state index contributed by atoms with van der Waals surface area (Å²) >= 11 is 0. The lowest BCUT2D eigenvalue weighted by Crippen LogP contribution is -2.35. The average molecular weight is 297 g/mol. The SMILES string of the molecule is NC(=O)NC(=O)CCOc1cccc([N+](=O)[O-])c1C(=O)O. The van der Waals surface area contributed by atoms with Gasteiger partial charge in [-0.3, -0.25) is 20.2 Å². The van der Waals surface area contributed by atoms with Gasteiger partial charge in [-0.2, -0.15) is 0 Å². The third kappa shape index (κ3) is 4.45. The zero-order valence-electron chi connectivity index (χ0n) is 10.6. The van der Waals surface area contributed by atoms with E-state index >= 15 is 0 Å². The molecular formula is C11H11N3O7. The van der Waals surface area contributed by atoms with E-state index in [1.165, 1.54) is 12.1 Å². The van der Waals surface area contributed by atoms with Crippen LogP contribution in [0, 0.1) is 10.1 Å². The number of urea groups is 1. The van der Waals surface area contributed by atoms with Crippen molar-refractivity contribution in [3.63, 3.8) is 0 Å². The number of ether oxygens (including phenoxy) is 1. The molecule has 0 saturated heterocycles. The van der Waals surface area contributed by atoms with Crippen LogP contribution in [0.25, 0.3) is 0 Å². The number of nitrogens with two attached hydrogens (primary N) is 1. The van der Waals surface area contributed by atoms with E-state index in [0.29, 0.717) is 0 Å². The van der Waals surface area contributed by atoms with E-state index in [0.717, 1.165) is 6.07 Å². The number of benzene rings is 1. The zero-order chi connectivity index (χ0) is 16.0. The number of hydrogen-bond acceptors (Lipinski definition) is 6. The van der Waals surface area contributed by atoms with Crippen LogP contribution in [0.15, 0.2) is 18.2 Å². The van der Waals surface area contributed by atoms with Crippen LogP contribution >= 0.6 is 0 Å². The zero-order valence-corrected chi connectivity index (χ0v) is 10.6. The summed E-state index contributed by atoms with van der Waals surface area (Å²) in [6.45, 7) is -0.277. The van der Waals surface area contributed by atoms with E-state index in [-0.39, 0.29) is 18.8 Å². The fourth-order valence-corrected chi connectivity index (χ4v) is 1.46. The van der Waals surface area contributed by atoms with Crippen LogP contribution in [0.5, 0.6) is 5.75 Å². The minimum Gasteiger partial charge on any atom is -0.492 e. The van der Waals surface area contributed by atoms with Crippen molar-refractivity contribution >= 4 is 23.6 Å². The number of rotatable bonds is 6. The molecule has 0 fully saturated rings. The number of amides is 3. The number of aromatic carboxylic acids is 1. The lowest BCUT2D eigenvalue weighted by atomic mass is 10.1. The molecule has 0 radical (unpaired) electrons. The lowest BCUT2D eigenvalue weighted by Gasteiger charge is -2.08. The molecule has 3 amide bonds. The molecule has 0 aliphatic heterocycles. The van der Waals surface area contributed by atoms with Gasteiger partial charge in [-0.25, -0.2) is 9.59 Å². The second-order valence-electron chi connectivity index (χ2n) is 3.72. The summed E-state index contributed by atoms with van der Waals surface area (Å²) in [6.07, 6.45) is -0.273. The van der Waals surface area contributed by atoms with Crippen molar-refractivity contribution in [2.24, 2.45) is 5.73 Å². The summed E-state index contributed by atoms with van der Waals surface area (Å²) in [5.74, 6) is -2.49. The molecule has 0 atom stereocenters. The predicted molar refractivity (Wildman–Crippen MR) is 67.9 cm³/mol. The van der Waals surface area contributed by atoms with Crippen molar-refractivity contribution in [2.75, 3.05) is 6.61 Å². The number of primary amides is 1. The number of carbonyl (C=O) groups is 3. The number of nitro groups is 1. The molecule has 10 heteroatoms. The Labute approximate surface area is 117 Å². The summed E-state index contributed by atoms with van der Waals surface area (Å²) in [6, 6.07) is 2.48. The van der Waals surface area contributed by atoms with Gasteiger partial charge in [0.15, 0.2) is 5.56 Å². The Hall–Kier alpha value is -3.17. The van der Waals surface area contributed by atoms with Crippen LogP contribution in [0.4, 0.5) is 10.5 Å². The van der Waals surface area contributed by atoms with Crippen molar-refractivity contribution < 1.29 is 29.2 Å². The molecule has 0 heterocycles. The van der Waals surface area contributed by atoms with Gasteiger partial charge >= 0.3 is 12.0 Å². The van der Waals surface area contributed by atoms with E-state index in [1.54, 1.807) is 5.32 Å². The van der Waals surface area contributed by atoms with Crippen LogP contribution < -0.4 is 15.8 Å². The second-order valence-corrected chi connectivity index (χ2v) is 3.72. The number of nitrogens with one attached hydrogen (secondary N) is 1. The average Bonchev–Trinajstić information content (AvgIpc) is 2.37. The smallest absolute Gasteiger partial charge is 0.346 e. The first-order valence-corrected chi connectivity index (χ1v) is 5.55. The van der Waals surface area contributed by atoms with Crippen LogP contribution in [-0.4, -0.2) is 34.5 Å². The Morgan fingerprint density at radius 2 is 2.05 bits per heavy atom. The maximum Gasteiger partial charge on any atom is 0.346 e. The summed E-state index contributed by atoms with van der Waals surface area (Å²) in [4.78, 5) is 42.5. The fraction of sp³-hybridized carbons (Fsp3) is 0.182. The third-order valence-corrected chi connectivity index (χ3v) is 2.26. The maximum absolute atomic E-state index is 11.1. The van der Waals surface area contributed by atoms with Crippen molar-refractivity contribution in [3.8, 4) is 5.75 Å². The molecule has 0 aromatic heterocycles.